The molecular formula is C23H25NO4. The number of amides is 1. The fourth-order valence-electron chi connectivity index (χ4n) is 2.89. The number of rotatable bonds is 6. The minimum absolute atomic E-state index is 0.139. The van der Waals surface area contributed by atoms with E-state index in [1.165, 1.54) is 7.11 Å². The molecule has 3 rings (SSSR count). The highest BCUT2D eigenvalue weighted by Crippen LogP contribution is 2.28. The van der Waals surface area contributed by atoms with E-state index in [-0.39, 0.29) is 12.1 Å². The third-order valence-electron chi connectivity index (χ3n) is 4.29. The summed E-state index contributed by atoms with van der Waals surface area (Å²) in [7, 11) is 1.36. The van der Waals surface area contributed by atoms with Gasteiger partial charge in [0.1, 0.15) is 17.2 Å². The predicted octanol–water partition coefficient (Wildman–Crippen LogP) is 5.84. The molecule has 0 heterocycles. The van der Waals surface area contributed by atoms with Gasteiger partial charge in [-0.2, -0.15) is 0 Å². The maximum absolute atomic E-state index is 11.4. The molecule has 1 unspecified atom stereocenters. The van der Waals surface area contributed by atoms with Gasteiger partial charge < -0.3 is 19.5 Å². The van der Waals surface area contributed by atoms with Gasteiger partial charge in [0.05, 0.1) is 19.3 Å². The quantitative estimate of drug-likeness (QED) is 0.585. The number of fused-ring (bicyclic) bond motifs is 1. The van der Waals surface area contributed by atoms with Crippen molar-refractivity contribution in [3.8, 4) is 17.2 Å². The number of benzene rings is 3. The summed E-state index contributed by atoms with van der Waals surface area (Å²) >= 11 is 0. The molecule has 0 aliphatic heterocycles. The summed E-state index contributed by atoms with van der Waals surface area (Å²) in [5.41, 5.74) is 1.01. The van der Waals surface area contributed by atoms with E-state index in [0.717, 1.165) is 33.6 Å². The molecule has 0 saturated carbocycles. The fraction of sp³-hybridized carbons (Fsp3) is 0.261. The van der Waals surface area contributed by atoms with Crippen LogP contribution >= 0.6 is 0 Å². The van der Waals surface area contributed by atoms with E-state index in [4.69, 9.17) is 9.47 Å². The van der Waals surface area contributed by atoms with Crippen LogP contribution in [-0.4, -0.2) is 19.3 Å². The Balaban J connectivity index is 1.73. The first kappa shape index (κ1) is 19.5. The Morgan fingerprint density at radius 2 is 1.43 bits per heavy atom. The smallest absolute Gasteiger partial charge is 0.407 e. The summed E-state index contributed by atoms with van der Waals surface area (Å²) in [6, 6.07) is 19.5. The molecule has 1 atom stereocenters. The highest BCUT2D eigenvalue weighted by molar-refractivity contribution is 5.85. The number of carbonyl (C=O) groups is 1. The molecule has 1 N–H and O–H groups in total. The van der Waals surface area contributed by atoms with Crippen LogP contribution < -0.4 is 14.8 Å². The zero-order valence-corrected chi connectivity index (χ0v) is 16.6. The Bertz CT molecular complexity index is 950. The van der Waals surface area contributed by atoms with Gasteiger partial charge in [-0.3, -0.25) is 0 Å². The third kappa shape index (κ3) is 4.94. The van der Waals surface area contributed by atoms with Gasteiger partial charge in [-0.15, -0.1) is 0 Å². The molecule has 0 saturated heterocycles. The highest BCUT2D eigenvalue weighted by Gasteiger charge is 2.10. The van der Waals surface area contributed by atoms with Crippen LogP contribution in [0.3, 0.4) is 0 Å². The molecule has 0 radical (unpaired) electrons. The van der Waals surface area contributed by atoms with Gasteiger partial charge in [-0.1, -0.05) is 18.2 Å². The van der Waals surface area contributed by atoms with Gasteiger partial charge in [0.2, 0.25) is 0 Å². The van der Waals surface area contributed by atoms with Crippen LogP contribution in [0.25, 0.3) is 10.8 Å². The molecule has 0 aromatic heterocycles. The van der Waals surface area contributed by atoms with E-state index in [0.29, 0.717) is 0 Å². The molecule has 1 amide bonds. The average Bonchev–Trinajstić information content (AvgIpc) is 2.68. The number of nitrogens with one attached hydrogen (secondary N) is 1. The van der Waals surface area contributed by atoms with Crippen LogP contribution in [0.4, 0.5) is 4.79 Å². The minimum Gasteiger partial charge on any atom is -0.491 e. The normalized spacial score (nSPS) is 11.9. The van der Waals surface area contributed by atoms with Crippen LogP contribution in [0.15, 0.2) is 60.7 Å². The van der Waals surface area contributed by atoms with Gasteiger partial charge in [0.25, 0.3) is 0 Å². The van der Waals surface area contributed by atoms with E-state index in [1.54, 1.807) is 0 Å². The average molecular weight is 379 g/mol. The number of hydrogen-bond acceptors (Lipinski definition) is 4. The van der Waals surface area contributed by atoms with Crippen molar-refractivity contribution in [2.24, 2.45) is 0 Å². The number of carbonyl (C=O) groups excluding carboxylic acids is 1. The molecule has 0 aliphatic rings. The standard InChI is InChI=1S/C23H25NO4/c1-15(2)27-20-9-11-21(12-10-20)28-22-8-7-18-13-17(5-6-19(18)14-22)16(3)24-23(25)26-4/h5-16H,1-4H3,(H,24,25). The van der Waals surface area contributed by atoms with E-state index < -0.39 is 6.09 Å². The SMILES string of the molecule is COC(=O)NC(C)c1ccc2cc(Oc3ccc(OC(C)C)cc3)ccc2c1. The largest absolute Gasteiger partial charge is 0.491 e. The van der Waals surface area contributed by atoms with Gasteiger partial charge in [0, 0.05) is 0 Å². The van der Waals surface area contributed by atoms with Gasteiger partial charge >= 0.3 is 6.09 Å². The topological polar surface area (TPSA) is 56.8 Å². The summed E-state index contributed by atoms with van der Waals surface area (Å²) in [5.74, 6) is 2.34. The van der Waals surface area contributed by atoms with Crippen LogP contribution in [0.1, 0.15) is 32.4 Å². The maximum Gasteiger partial charge on any atom is 0.407 e. The number of methoxy groups -OCH3 is 1. The monoisotopic (exact) mass is 379 g/mol. The van der Waals surface area contributed by atoms with Crippen LogP contribution in [0, 0.1) is 0 Å². The lowest BCUT2D eigenvalue weighted by atomic mass is 10.0. The molecule has 0 aliphatic carbocycles. The Hall–Kier alpha value is -3.21. The Kier molecular flexibility index (Phi) is 6.04. The highest BCUT2D eigenvalue weighted by atomic mass is 16.5. The van der Waals surface area contributed by atoms with Gasteiger partial charge in [-0.25, -0.2) is 4.79 Å². The molecular weight excluding hydrogens is 354 g/mol. The zero-order chi connectivity index (χ0) is 20.1. The van der Waals surface area contributed by atoms with Crippen molar-refractivity contribution in [1.82, 2.24) is 5.32 Å². The fourth-order valence-corrected chi connectivity index (χ4v) is 2.89. The molecule has 3 aromatic carbocycles. The lowest BCUT2D eigenvalue weighted by Gasteiger charge is -2.14. The first-order valence-corrected chi connectivity index (χ1v) is 9.27. The van der Waals surface area contributed by atoms with Crippen molar-refractivity contribution < 1.29 is 19.0 Å². The summed E-state index contributed by atoms with van der Waals surface area (Å²) in [6.07, 6.45) is -0.302. The molecule has 0 spiro atoms. The van der Waals surface area contributed by atoms with Crippen LogP contribution in [0.2, 0.25) is 0 Å². The second kappa shape index (κ2) is 8.65. The molecule has 28 heavy (non-hydrogen) atoms. The number of ether oxygens (including phenoxy) is 3. The van der Waals surface area contributed by atoms with E-state index in [2.05, 4.69) is 16.1 Å². The molecule has 5 heteroatoms. The lowest BCUT2D eigenvalue weighted by Crippen LogP contribution is -2.26. The second-order valence-corrected chi connectivity index (χ2v) is 6.87. The number of alkyl carbamates (subject to hydrolysis) is 1. The summed E-state index contributed by atoms with van der Waals surface area (Å²) in [6.45, 7) is 5.91. The van der Waals surface area contributed by atoms with Gasteiger partial charge in [-0.05, 0) is 79.6 Å². The third-order valence-corrected chi connectivity index (χ3v) is 4.29. The zero-order valence-electron chi connectivity index (χ0n) is 16.6. The van der Waals surface area contributed by atoms with Crippen LogP contribution in [-0.2, 0) is 4.74 Å². The Labute approximate surface area is 165 Å². The molecule has 0 bridgehead atoms. The number of hydrogen-bond donors (Lipinski definition) is 1. The second-order valence-electron chi connectivity index (χ2n) is 6.87. The van der Waals surface area contributed by atoms with Crippen molar-refractivity contribution in [3.63, 3.8) is 0 Å². The van der Waals surface area contributed by atoms with Crippen molar-refractivity contribution in [1.29, 1.82) is 0 Å². The van der Waals surface area contributed by atoms with E-state index >= 15 is 0 Å². The molecule has 0 fully saturated rings. The van der Waals surface area contributed by atoms with E-state index in [9.17, 15) is 4.79 Å². The predicted molar refractivity (Wildman–Crippen MR) is 110 cm³/mol. The first-order valence-electron chi connectivity index (χ1n) is 9.27. The van der Waals surface area contributed by atoms with Crippen LogP contribution in [0.5, 0.6) is 17.2 Å². The van der Waals surface area contributed by atoms with Crippen molar-refractivity contribution in [3.05, 3.63) is 66.2 Å². The van der Waals surface area contributed by atoms with Crippen molar-refractivity contribution in [2.45, 2.75) is 32.9 Å². The van der Waals surface area contributed by atoms with Gasteiger partial charge in [0.15, 0.2) is 0 Å². The molecule has 3 aromatic rings. The maximum atomic E-state index is 11.4. The summed E-state index contributed by atoms with van der Waals surface area (Å²) in [4.78, 5) is 11.4. The van der Waals surface area contributed by atoms with Crippen molar-refractivity contribution in [2.75, 3.05) is 7.11 Å². The Morgan fingerprint density at radius 1 is 0.821 bits per heavy atom. The summed E-state index contributed by atoms with van der Waals surface area (Å²) in [5, 5.41) is 4.91. The van der Waals surface area contributed by atoms with Crippen molar-refractivity contribution >= 4 is 16.9 Å². The first-order chi connectivity index (χ1) is 13.4. The molecule has 5 nitrogen and oxygen atoms in total. The summed E-state index contributed by atoms with van der Waals surface area (Å²) < 4.78 is 16.3. The Morgan fingerprint density at radius 3 is 2.11 bits per heavy atom. The van der Waals surface area contributed by atoms with E-state index in [1.807, 2.05) is 75.4 Å². The lowest BCUT2D eigenvalue weighted by molar-refractivity contribution is 0.167. The minimum atomic E-state index is -0.443. The molecule has 146 valence electrons.